The van der Waals surface area contributed by atoms with Gasteiger partial charge in [-0.25, -0.2) is 4.98 Å². The highest BCUT2D eigenvalue weighted by Gasteiger charge is 2.24. The quantitative estimate of drug-likeness (QED) is 0.914. The highest BCUT2D eigenvalue weighted by molar-refractivity contribution is 5.94. The number of hydrogen-bond donors (Lipinski definition) is 1. The molecular formula is C18H21N3O3. The first-order chi connectivity index (χ1) is 11.7. The average molecular weight is 327 g/mol. The van der Waals surface area contributed by atoms with Crippen molar-refractivity contribution in [2.75, 3.05) is 7.11 Å². The maximum Gasteiger partial charge on any atom is 0.251 e. The summed E-state index contributed by atoms with van der Waals surface area (Å²) in [5, 5.41) is 3.09. The fraction of sp³-hybridized carbons (Fsp3) is 0.389. The number of carbonyl (C=O) groups is 1. The van der Waals surface area contributed by atoms with Crippen LogP contribution >= 0.6 is 0 Å². The Morgan fingerprint density at radius 3 is 2.50 bits per heavy atom. The van der Waals surface area contributed by atoms with Crippen LogP contribution in [-0.2, 0) is 0 Å². The molecule has 0 spiro atoms. The second kappa shape index (κ2) is 7.77. The number of benzene rings is 1. The molecule has 6 heteroatoms. The van der Waals surface area contributed by atoms with Crippen molar-refractivity contribution in [1.29, 1.82) is 0 Å². The van der Waals surface area contributed by atoms with Crippen molar-refractivity contribution in [2.45, 2.75) is 37.8 Å². The minimum Gasteiger partial charge on any atom is -0.497 e. The summed E-state index contributed by atoms with van der Waals surface area (Å²) in [6, 6.07) is 7.32. The van der Waals surface area contributed by atoms with E-state index in [2.05, 4.69) is 15.3 Å². The highest BCUT2D eigenvalue weighted by atomic mass is 16.5. The molecule has 3 rings (SSSR count). The number of amides is 1. The van der Waals surface area contributed by atoms with E-state index in [0.717, 1.165) is 31.4 Å². The molecule has 0 radical (unpaired) electrons. The SMILES string of the molecule is COc1ccc(C(=O)NC2CCC(Oc3cnccn3)CC2)cc1. The number of rotatable bonds is 5. The topological polar surface area (TPSA) is 73.3 Å². The molecule has 6 nitrogen and oxygen atoms in total. The Kier molecular flexibility index (Phi) is 5.25. The fourth-order valence-electron chi connectivity index (χ4n) is 2.85. The van der Waals surface area contributed by atoms with Crippen LogP contribution in [0.25, 0.3) is 0 Å². The van der Waals surface area contributed by atoms with E-state index in [1.54, 1.807) is 50.0 Å². The van der Waals surface area contributed by atoms with Crippen molar-refractivity contribution in [1.82, 2.24) is 15.3 Å². The normalized spacial score (nSPS) is 20.2. The number of hydrogen-bond acceptors (Lipinski definition) is 5. The zero-order chi connectivity index (χ0) is 16.8. The van der Waals surface area contributed by atoms with E-state index in [9.17, 15) is 4.79 Å². The van der Waals surface area contributed by atoms with Crippen LogP contribution in [0.3, 0.4) is 0 Å². The van der Waals surface area contributed by atoms with Gasteiger partial charge in [-0.2, -0.15) is 0 Å². The van der Waals surface area contributed by atoms with Crippen LogP contribution in [0.4, 0.5) is 0 Å². The number of aromatic nitrogens is 2. The summed E-state index contributed by atoms with van der Waals surface area (Å²) in [4.78, 5) is 20.4. The van der Waals surface area contributed by atoms with E-state index >= 15 is 0 Å². The van der Waals surface area contributed by atoms with E-state index in [1.807, 2.05) is 0 Å². The van der Waals surface area contributed by atoms with E-state index in [4.69, 9.17) is 9.47 Å². The molecule has 1 aromatic heterocycles. The van der Waals surface area contributed by atoms with E-state index < -0.39 is 0 Å². The van der Waals surface area contributed by atoms with E-state index in [0.29, 0.717) is 11.4 Å². The monoisotopic (exact) mass is 327 g/mol. The molecule has 0 aliphatic heterocycles. The summed E-state index contributed by atoms with van der Waals surface area (Å²) >= 11 is 0. The molecule has 2 aromatic rings. The van der Waals surface area contributed by atoms with E-state index in [1.165, 1.54) is 0 Å². The summed E-state index contributed by atoms with van der Waals surface area (Å²) < 4.78 is 10.9. The predicted molar refractivity (Wildman–Crippen MR) is 89.2 cm³/mol. The molecule has 1 aliphatic carbocycles. The van der Waals surface area contributed by atoms with Crippen LogP contribution in [0.5, 0.6) is 11.6 Å². The molecule has 1 saturated carbocycles. The molecule has 0 bridgehead atoms. The Morgan fingerprint density at radius 1 is 1.12 bits per heavy atom. The van der Waals surface area contributed by atoms with Crippen molar-refractivity contribution in [3.05, 3.63) is 48.4 Å². The number of nitrogens with zero attached hydrogens (tertiary/aromatic N) is 2. The van der Waals surface area contributed by atoms with Gasteiger partial charge in [0.15, 0.2) is 0 Å². The van der Waals surface area contributed by atoms with Gasteiger partial charge in [0.2, 0.25) is 5.88 Å². The molecule has 1 aliphatic rings. The maximum atomic E-state index is 12.3. The molecule has 126 valence electrons. The summed E-state index contributed by atoms with van der Waals surface area (Å²) in [5.74, 6) is 1.26. The molecule has 0 atom stereocenters. The predicted octanol–water partition coefficient (Wildman–Crippen LogP) is 2.61. The van der Waals surface area contributed by atoms with Gasteiger partial charge in [-0.1, -0.05) is 0 Å². The Morgan fingerprint density at radius 2 is 1.88 bits per heavy atom. The van der Waals surface area contributed by atoms with Crippen LogP contribution in [-0.4, -0.2) is 35.1 Å². The molecule has 0 unspecified atom stereocenters. The first kappa shape index (κ1) is 16.2. The van der Waals surface area contributed by atoms with Gasteiger partial charge in [0.1, 0.15) is 11.9 Å². The first-order valence-corrected chi connectivity index (χ1v) is 8.12. The lowest BCUT2D eigenvalue weighted by Gasteiger charge is -2.29. The molecule has 1 heterocycles. The Balaban J connectivity index is 1.47. The first-order valence-electron chi connectivity index (χ1n) is 8.12. The van der Waals surface area contributed by atoms with Gasteiger partial charge in [-0.3, -0.25) is 9.78 Å². The second-order valence-corrected chi connectivity index (χ2v) is 5.84. The van der Waals surface area contributed by atoms with Crippen LogP contribution < -0.4 is 14.8 Å². The lowest BCUT2D eigenvalue weighted by atomic mass is 9.92. The van der Waals surface area contributed by atoms with Crippen molar-refractivity contribution >= 4 is 5.91 Å². The van der Waals surface area contributed by atoms with Crippen molar-refractivity contribution in [3.63, 3.8) is 0 Å². The number of methoxy groups -OCH3 is 1. The zero-order valence-electron chi connectivity index (χ0n) is 13.6. The van der Waals surface area contributed by atoms with Gasteiger partial charge in [-0.15, -0.1) is 0 Å². The van der Waals surface area contributed by atoms with Crippen LogP contribution in [0, 0.1) is 0 Å². The van der Waals surface area contributed by atoms with Crippen molar-refractivity contribution in [3.8, 4) is 11.6 Å². The van der Waals surface area contributed by atoms with Gasteiger partial charge in [-0.05, 0) is 49.9 Å². The summed E-state index contributed by atoms with van der Waals surface area (Å²) in [7, 11) is 1.61. The molecule has 1 aromatic carbocycles. The lowest BCUT2D eigenvalue weighted by Crippen LogP contribution is -2.39. The van der Waals surface area contributed by atoms with Gasteiger partial charge in [0, 0.05) is 24.0 Å². The summed E-state index contributed by atoms with van der Waals surface area (Å²) in [6.07, 6.45) is 8.58. The number of nitrogens with one attached hydrogen (secondary N) is 1. The van der Waals surface area contributed by atoms with Crippen LogP contribution in [0.1, 0.15) is 36.0 Å². The van der Waals surface area contributed by atoms with Crippen molar-refractivity contribution in [2.24, 2.45) is 0 Å². The smallest absolute Gasteiger partial charge is 0.251 e. The minimum absolute atomic E-state index is 0.0454. The Hall–Kier alpha value is -2.63. The second-order valence-electron chi connectivity index (χ2n) is 5.84. The van der Waals surface area contributed by atoms with E-state index in [-0.39, 0.29) is 18.1 Å². The lowest BCUT2D eigenvalue weighted by molar-refractivity contribution is 0.0890. The third-order valence-corrected chi connectivity index (χ3v) is 4.19. The zero-order valence-corrected chi connectivity index (χ0v) is 13.6. The molecule has 0 saturated heterocycles. The number of ether oxygens (including phenoxy) is 2. The molecular weight excluding hydrogens is 306 g/mol. The minimum atomic E-state index is -0.0454. The fourth-order valence-corrected chi connectivity index (χ4v) is 2.85. The van der Waals surface area contributed by atoms with Crippen LogP contribution in [0.2, 0.25) is 0 Å². The summed E-state index contributed by atoms with van der Waals surface area (Å²) in [5.41, 5.74) is 0.647. The van der Waals surface area contributed by atoms with Gasteiger partial charge < -0.3 is 14.8 Å². The molecule has 1 amide bonds. The van der Waals surface area contributed by atoms with Gasteiger partial charge in [0.25, 0.3) is 5.91 Å². The van der Waals surface area contributed by atoms with Crippen molar-refractivity contribution < 1.29 is 14.3 Å². The Bertz CT molecular complexity index is 653. The number of carbonyl (C=O) groups excluding carboxylic acids is 1. The average Bonchev–Trinajstić information content (AvgIpc) is 2.64. The standard InChI is InChI=1S/C18H21N3O3/c1-23-15-6-2-13(3-7-15)18(22)21-14-4-8-16(9-5-14)24-17-12-19-10-11-20-17/h2-3,6-7,10-12,14,16H,4-5,8-9H2,1H3,(H,21,22). The molecule has 1 N–H and O–H groups in total. The molecule has 24 heavy (non-hydrogen) atoms. The Labute approximate surface area is 141 Å². The largest absolute Gasteiger partial charge is 0.497 e. The highest BCUT2D eigenvalue weighted by Crippen LogP contribution is 2.23. The van der Waals surface area contributed by atoms with Crippen LogP contribution in [0.15, 0.2) is 42.9 Å². The summed E-state index contributed by atoms with van der Waals surface area (Å²) in [6.45, 7) is 0. The van der Waals surface area contributed by atoms with Gasteiger partial charge in [0.05, 0.1) is 13.3 Å². The molecule has 1 fully saturated rings. The third kappa shape index (κ3) is 4.22. The third-order valence-electron chi connectivity index (χ3n) is 4.19. The van der Waals surface area contributed by atoms with Gasteiger partial charge >= 0.3 is 0 Å². The maximum absolute atomic E-state index is 12.3.